The van der Waals surface area contributed by atoms with E-state index in [4.69, 9.17) is 0 Å². The Labute approximate surface area is 130 Å². The average Bonchev–Trinajstić information content (AvgIpc) is 3.16. The average molecular weight is 341 g/mol. The van der Waals surface area contributed by atoms with Gasteiger partial charge in [-0.2, -0.15) is 0 Å². The summed E-state index contributed by atoms with van der Waals surface area (Å²) >= 11 is 3.48. The first-order chi connectivity index (χ1) is 10.3. The summed E-state index contributed by atoms with van der Waals surface area (Å²) in [7, 11) is 0. The number of amidine groups is 1. The molecule has 5 heteroatoms. The van der Waals surface area contributed by atoms with E-state index >= 15 is 0 Å². The van der Waals surface area contributed by atoms with Gasteiger partial charge in [-0.1, -0.05) is 24.3 Å². The molecule has 0 saturated carbocycles. The van der Waals surface area contributed by atoms with Gasteiger partial charge in [0.1, 0.15) is 11.5 Å². The molecule has 1 aromatic carbocycles. The highest BCUT2D eigenvalue weighted by Gasteiger charge is 2.09. The van der Waals surface area contributed by atoms with Gasteiger partial charge in [-0.15, -0.1) is 0 Å². The molecule has 104 valence electrons. The van der Waals surface area contributed by atoms with Crippen molar-refractivity contribution >= 4 is 27.4 Å². The molecule has 0 spiro atoms. The molecule has 4 rings (SSSR count). The molecule has 0 radical (unpaired) electrons. The zero-order valence-electron chi connectivity index (χ0n) is 11.3. The van der Waals surface area contributed by atoms with Crippen molar-refractivity contribution in [3.63, 3.8) is 0 Å². The van der Waals surface area contributed by atoms with Crippen LogP contribution in [0.15, 0.2) is 58.3 Å². The maximum Gasteiger partial charge on any atom is 0.137 e. The summed E-state index contributed by atoms with van der Waals surface area (Å²) < 4.78 is 3.07. The Morgan fingerprint density at radius 1 is 1.00 bits per heavy atom. The number of hydrogen-bond acceptors (Lipinski definition) is 3. The largest absolute Gasteiger partial charge is 0.368 e. The van der Waals surface area contributed by atoms with Crippen LogP contribution < -0.4 is 5.32 Å². The van der Waals surface area contributed by atoms with Crippen LogP contribution >= 0.6 is 15.9 Å². The van der Waals surface area contributed by atoms with Gasteiger partial charge in [0.05, 0.1) is 12.2 Å². The molecular formula is C16H13BrN4. The molecule has 0 amide bonds. The van der Waals surface area contributed by atoms with Gasteiger partial charge in [-0.05, 0) is 28.1 Å². The van der Waals surface area contributed by atoms with Crippen molar-refractivity contribution in [3.8, 4) is 11.3 Å². The van der Waals surface area contributed by atoms with E-state index in [0.29, 0.717) is 0 Å². The maximum absolute atomic E-state index is 4.65. The Balaban J connectivity index is 1.71. The number of benzene rings is 1. The third-order valence-corrected chi connectivity index (χ3v) is 4.01. The molecule has 0 fully saturated rings. The van der Waals surface area contributed by atoms with Crippen LogP contribution in [0.1, 0.15) is 5.56 Å². The predicted octanol–water partition coefficient (Wildman–Crippen LogP) is 3.11. The van der Waals surface area contributed by atoms with Crippen LogP contribution in [0.5, 0.6) is 0 Å². The molecule has 0 atom stereocenters. The number of aromatic nitrogens is 2. The lowest BCUT2D eigenvalue weighted by Gasteiger charge is -2.03. The van der Waals surface area contributed by atoms with Crippen LogP contribution in [-0.4, -0.2) is 28.3 Å². The molecule has 1 aliphatic rings. The van der Waals surface area contributed by atoms with Gasteiger partial charge < -0.3 is 9.72 Å². The van der Waals surface area contributed by atoms with E-state index in [0.717, 1.165) is 45.9 Å². The van der Waals surface area contributed by atoms with Gasteiger partial charge in [-0.3, -0.25) is 4.99 Å². The molecule has 0 aliphatic carbocycles. The maximum atomic E-state index is 4.65. The van der Waals surface area contributed by atoms with Crippen LogP contribution in [0.3, 0.4) is 0 Å². The number of fused-ring (bicyclic) bond motifs is 1. The lowest BCUT2D eigenvalue weighted by atomic mass is 10.1. The second-order valence-corrected chi connectivity index (χ2v) is 5.89. The molecular weight excluding hydrogens is 328 g/mol. The van der Waals surface area contributed by atoms with E-state index < -0.39 is 0 Å². The molecule has 1 N–H and O–H groups in total. The fraction of sp³-hybridized carbons (Fsp3) is 0.125. The molecule has 4 nitrogen and oxygen atoms in total. The van der Waals surface area contributed by atoms with E-state index in [1.807, 2.05) is 28.9 Å². The van der Waals surface area contributed by atoms with Crippen LogP contribution in [0.25, 0.3) is 16.9 Å². The van der Waals surface area contributed by atoms with Crippen LogP contribution in [0.4, 0.5) is 0 Å². The summed E-state index contributed by atoms with van der Waals surface area (Å²) in [6.45, 7) is 1.79. The summed E-state index contributed by atoms with van der Waals surface area (Å²) in [4.78, 5) is 9.08. The summed E-state index contributed by atoms with van der Waals surface area (Å²) in [5.41, 5.74) is 4.15. The predicted molar refractivity (Wildman–Crippen MR) is 87.7 cm³/mol. The number of pyridine rings is 1. The molecule has 0 unspecified atom stereocenters. The van der Waals surface area contributed by atoms with E-state index in [-0.39, 0.29) is 0 Å². The third kappa shape index (κ3) is 2.34. The monoisotopic (exact) mass is 340 g/mol. The van der Waals surface area contributed by atoms with E-state index in [1.54, 1.807) is 0 Å². The van der Waals surface area contributed by atoms with Gasteiger partial charge in [0.15, 0.2) is 0 Å². The molecule has 21 heavy (non-hydrogen) atoms. The molecule has 1 aliphatic heterocycles. The molecule has 0 saturated heterocycles. The van der Waals surface area contributed by atoms with Gasteiger partial charge in [0, 0.05) is 34.5 Å². The molecule has 3 heterocycles. The standard InChI is InChI=1S/C16H13BrN4/c17-13-5-6-15-20-14(10-21(15)9-13)11-1-3-12(4-2-11)16-18-7-8-19-16/h1-6,9-10H,7-8H2,(H,18,19). The van der Waals surface area contributed by atoms with Crippen LogP contribution in [0.2, 0.25) is 0 Å². The highest BCUT2D eigenvalue weighted by Crippen LogP contribution is 2.21. The van der Waals surface area contributed by atoms with E-state index in [2.05, 4.69) is 55.5 Å². The van der Waals surface area contributed by atoms with Crippen LogP contribution in [-0.2, 0) is 0 Å². The van der Waals surface area contributed by atoms with Crippen molar-refractivity contribution in [2.45, 2.75) is 0 Å². The Hall–Kier alpha value is -2.14. The van der Waals surface area contributed by atoms with Crippen molar-refractivity contribution < 1.29 is 0 Å². The minimum atomic E-state index is 0.860. The number of nitrogens with zero attached hydrogens (tertiary/aromatic N) is 3. The van der Waals surface area contributed by atoms with Gasteiger partial charge in [0.25, 0.3) is 0 Å². The van der Waals surface area contributed by atoms with Crippen LogP contribution in [0, 0.1) is 0 Å². The topological polar surface area (TPSA) is 41.7 Å². The van der Waals surface area contributed by atoms with Crippen molar-refractivity contribution in [1.82, 2.24) is 14.7 Å². The fourth-order valence-electron chi connectivity index (χ4n) is 2.49. The fourth-order valence-corrected chi connectivity index (χ4v) is 2.85. The molecule has 0 bridgehead atoms. The Morgan fingerprint density at radius 2 is 1.81 bits per heavy atom. The number of aliphatic imine (C=N–C) groups is 1. The van der Waals surface area contributed by atoms with Crippen molar-refractivity contribution in [2.75, 3.05) is 13.1 Å². The lowest BCUT2D eigenvalue weighted by Crippen LogP contribution is -2.19. The second-order valence-electron chi connectivity index (χ2n) is 4.97. The summed E-state index contributed by atoms with van der Waals surface area (Å²) in [6.07, 6.45) is 4.05. The Bertz CT molecular complexity index is 833. The SMILES string of the molecule is Brc1ccc2nc(-c3ccc(C4=NCCN4)cc3)cn2c1. The zero-order chi connectivity index (χ0) is 14.2. The Kier molecular flexibility index (Phi) is 3.00. The normalized spacial score (nSPS) is 14.2. The third-order valence-electron chi connectivity index (χ3n) is 3.54. The highest BCUT2D eigenvalue weighted by atomic mass is 79.9. The second kappa shape index (κ2) is 5.00. The summed E-state index contributed by atoms with van der Waals surface area (Å²) in [5, 5.41) is 3.28. The zero-order valence-corrected chi connectivity index (χ0v) is 12.8. The first kappa shape index (κ1) is 12.6. The van der Waals surface area contributed by atoms with Gasteiger partial charge >= 0.3 is 0 Å². The van der Waals surface area contributed by atoms with Crippen molar-refractivity contribution in [3.05, 3.63) is 58.8 Å². The lowest BCUT2D eigenvalue weighted by molar-refractivity contribution is 0.960. The first-order valence-electron chi connectivity index (χ1n) is 6.83. The number of imidazole rings is 1. The van der Waals surface area contributed by atoms with E-state index in [1.165, 1.54) is 0 Å². The Morgan fingerprint density at radius 3 is 2.57 bits per heavy atom. The first-order valence-corrected chi connectivity index (χ1v) is 7.62. The number of nitrogens with one attached hydrogen (secondary N) is 1. The van der Waals surface area contributed by atoms with Gasteiger partial charge in [-0.25, -0.2) is 4.98 Å². The van der Waals surface area contributed by atoms with E-state index in [9.17, 15) is 0 Å². The minimum Gasteiger partial charge on any atom is -0.368 e. The molecule has 2 aromatic heterocycles. The van der Waals surface area contributed by atoms with Crippen molar-refractivity contribution in [2.24, 2.45) is 4.99 Å². The number of rotatable bonds is 2. The minimum absolute atomic E-state index is 0.860. The highest BCUT2D eigenvalue weighted by molar-refractivity contribution is 9.10. The quantitative estimate of drug-likeness (QED) is 0.778. The summed E-state index contributed by atoms with van der Waals surface area (Å²) in [5.74, 6) is 0.987. The number of hydrogen-bond donors (Lipinski definition) is 1. The smallest absolute Gasteiger partial charge is 0.137 e. The number of halogens is 1. The molecule has 3 aromatic rings. The van der Waals surface area contributed by atoms with Gasteiger partial charge in [0.2, 0.25) is 0 Å². The summed E-state index contributed by atoms with van der Waals surface area (Å²) in [6, 6.07) is 12.4. The van der Waals surface area contributed by atoms with Crippen molar-refractivity contribution in [1.29, 1.82) is 0 Å².